The van der Waals surface area contributed by atoms with Crippen molar-refractivity contribution in [1.82, 2.24) is 15.1 Å². The molecule has 1 atom stereocenters. The van der Waals surface area contributed by atoms with E-state index in [1.807, 2.05) is 49.4 Å². The quantitative estimate of drug-likeness (QED) is 0.709. The summed E-state index contributed by atoms with van der Waals surface area (Å²) in [6.45, 7) is 3.40. The van der Waals surface area contributed by atoms with Gasteiger partial charge in [0.25, 0.3) is 5.91 Å². The number of ether oxygens (including phenoxy) is 2. The normalized spacial score (nSPS) is 21.1. The van der Waals surface area contributed by atoms with E-state index in [0.29, 0.717) is 44.2 Å². The van der Waals surface area contributed by atoms with E-state index >= 15 is 0 Å². The molecule has 1 N–H and O–H groups in total. The number of benzene rings is 2. The minimum atomic E-state index is -1.07. The van der Waals surface area contributed by atoms with Gasteiger partial charge in [-0.15, -0.1) is 0 Å². The van der Waals surface area contributed by atoms with Crippen LogP contribution in [0.15, 0.2) is 42.5 Å². The maximum Gasteiger partial charge on any atom is 0.325 e. The molecule has 0 aromatic heterocycles. The minimum Gasteiger partial charge on any atom is -0.486 e. The smallest absolute Gasteiger partial charge is 0.325 e. The second-order valence-corrected chi connectivity index (χ2v) is 8.62. The van der Waals surface area contributed by atoms with E-state index in [-0.39, 0.29) is 18.4 Å². The highest BCUT2D eigenvalue weighted by molar-refractivity contribution is 6.09. The lowest BCUT2D eigenvalue weighted by atomic mass is 9.76. The first-order chi connectivity index (χ1) is 16.0. The first-order valence-electron chi connectivity index (χ1n) is 11.4. The van der Waals surface area contributed by atoms with Gasteiger partial charge in [0.15, 0.2) is 11.5 Å². The van der Waals surface area contributed by atoms with Gasteiger partial charge < -0.3 is 19.7 Å². The molecule has 3 aliphatic rings. The Morgan fingerprint density at radius 2 is 1.91 bits per heavy atom. The highest BCUT2D eigenvalue weighted by atomic mass is 16.6. The minimum absolute atomic E-state index is 0.281. The number of hydrogen-bond acceptors (Lipinski definition) is 5. The number of carbonyl (C=O) groups is 3. The van der Waals surface area contributed by atoms with Crippen molar-refractivity contribution in [2.45, 2.75) is 38.3 Å². The van der Waals surface area contributed by atoms with Gasteiger partial charge >= 0.3 is 6.03 Å². The molecule has 2 heterocycles. The second-order valence-electron chi connectivity index (χ2n) is 8.62. The summed E-state index contributed by atoms with van der Waals surface area (Å²) in [4.78, 5) is 42.1. The summed E-state index contributed by atoms with van der Waals surface area (Å²) in [5.74, 6) is 0.728. The Morgan fingerprint density at radius 1 is 1.12 bits per heavy atom. The Bertz CT molecular complexity index is 1120. The molecule has 1 aliphatic carbocycles. The molecule has 0 radical (unpaired) electrons. The van der Waals surface area contributed by atoms with Crippen LogP contribution in [0.3, 0.4) is 0 Å². The predicted molar refractivity (Wildman–Crippen MR) is 120 cm³/mol. The van der Waals surface area contributed by atoms with Gasteiger partial charge in [0, 0.05) is 13.1 Å². The molecule has 2 aliphatic heterocycles. The third-order valence-electron chi connectivity index (χ3n) is 6.66. The second kappa shape index (κ2) is 8.42. The average molecular weight is 450 g/mol. The summed E-state index contributed by atoms with van der Waals surface area (Å²) in [6, 6.07) is 12.8. The van der Waals surface area contributed by atoms with Crippen molar-refractivity contribution < 1.29 is 23.9 Å². The van der Waals surface area contributed by atoms with Gasteiger partial charge in [-0.3, -0.25) is 14.5 Å². The van der Waals surface area contributed by atoms with Crippen molar-refractivity contribution in [3.8, 4) is 11.5 Å². The molecule has 1 spiro atoms. The monoisotopic (exact) mass is 449 g/mol. The van der Waals surface area contributed by atoms with E-state index in [0.717, 1.165) is 34.4 Å². The van der Waals surface area contributed by atoms with Gasteiger partial charge in [-0.05, 0) is 55.0 Å². The molecule has 0 bridgehead atoms. The predicted octanol–water partition coefficient (Wildman–Crippen LogP) is 2.59. The number of aryl methyl sites for hydroxylation is 1. The summed E-state index contributed by atoms with van der Waals surface area (Å²) in [6.07, 6.45) is 2.21. The summed E-state index contributed by atoms with van der Waals surface area (Å²) < 4.78 is 11.2. The number of rotatable bonds is 5. The first kappa shape index (κ1) is 21.3. The van der Waals surface area contributed by atoms with Crippen LogP contribution in [0.2, 0.25) is 0 Å². The van der Waals surface area contributed by atoms with Crippen molar-refractivity contribution in [2.24, 2.45) is 0 Å². The molecule has 2 aromatic rings. The van der Waals surface area contributed by atoms with Gasteiger partial charge in [0.05, 0.1) is 0 Å². The first-order valence-corrected chi connectivity index (χ1v) is 11.4. The van der Waals surface area contributed by atoms with Gasteiger partial charge in [-0.25, -0.2) is 4.79 Å². The summed E-state index contributed by atoms with van der Waals surface area (Å²) >= 11 is 0. The van der Waals surface area contributed by atoms with Crippen LogP contribution in [0.4, 0.5) is 4.79 Å². The van der Waals surface area contributed by atoms with Gasteiger partial charge in [-0.1, -0.05) is 30.3 Å². The third-order valence-corrected chi connectivity index (χ3v) is 6.66. The third kappa shape index (κ3) is 3.69. The van der Waals surface area contributed by atoms with Gasteiger partial charge in [-0.2, -0.15) is 0 Å². The number of carbonyl (C=O) groups excluding carboxylic acids is 3. The highest BCUT2D eigenvalue weighted by Crippen LogP contribution is 2.40. The fourth-order valence-electron chi connectivity index (χ4n) is 4.97. The van der Waals surface area contributed by atoms with Crippen LogP contribution in [0.25, 0.3) is 0 Å². The molecule has 1 saturated heterocycles. The Kier molecular flexibility index (Phi) is 5.44. The topological polar surface area (TPSA) is 88.2 Å². The fraction of sp³-hybridized carbons (Fsp3) is 0.400. The van der Waals surface area contributed by atoms with Crippen LogP contribution < -0.4 is 14.8 Å². The molecule has 8 heteroatoms. The fourth-order valence-corrected chi connectivity index (χ4v) is 4.97. The molecule has 5 rings (SSSR count). The van der Waals surface area contributed by atoms with Crippen molar-refractivity contribution >= 4 is 17.8 Å². The molecule has 1 fully saturated rings. The molecule has 0 saturated carbocycles. The number of hydrogen-bond donors (Lipinski definition) is 1. The molecule has 33 heavy (non-hydrogen) atoms. The van der Waals surface area contributed by atoms with E-state index in [9.17, 15) is 14.4 Å². The maximum atomic E-state index is 13.5. The molecule has 0 unspecified atom stereocenters. The summed E-state index contributed by atoms with van der Waals surface area (Å²) in [5.41, 5.74) is 1.73. The van der Waals surface area contributed by atoms with Crippen molar-refractivity contribution in [1.29, 1.82) is 0 Å². The number of imide groups is 1. The Labute approximate surface area is 192 Å². The Morgan fingerprint density at radius 3 is 2.73 bits per heavy atom. The van der Waals surface area contributed by atoms with Crippen LogP contribution in [0.5, 0.6) is 11.5 Å². The summed E-state index contributed by atoms with van der Waals surface area (Å²) in [5, 5.41) is 2.91. The SMILES string of the molecule is CCN(Cc1ccc2c(c1)OCCO2)C(=O)CN1C(=O)N[C@@]2(CCCc3ccccc32)C1=O. The zero-order valence-electron chi connectivity index (χ0n) is 18.6. The Balaban J connectivity index is 1.32. The standard InChI is InChI=1S/C25H27N3O5/c1-2-27(15-17-9-10-20-21(14-17)33-13-12-32-20)22(29)16-28-23(30)25(26-24(28)31)11-5-7-18-6-3-4-8-19(18)25/h3-4,6,8-10,14H,2,5,7,11-13,15-16H2,1H3,(H,26,31)/t25-/m1/s1. The number of fused-ring (bicyclic) bond motifs is 3. The number of urea groups is 1. The van der Waals surface area contributed by atoms with Gasteiger partial charge in [0.2, 0.25) is 5.91 Å². The zero-order chi connectivity index (χ0) is 23.0. The van der Waals surface area contributed by atoms with E-state index in [4.69, 9.17) is 9.47 Å². The number of likely N-dealkylation sites (N-methyl/N-ethyl adjacent to an activating group) is 1. The van der Waals surface area contributed by atoms with E-state index < -0.39 is 11.6 Å². The van der Waals surface area contributed by atoms with Crippen LogP contribution in [0.1, 0.15) is 36.5 Å². The highest BCUT2D eigenvalue weighted by Gasteiger charge is 2.54. The Hall–Kier alpha value is -3.55. The van der Waals surface area contributed by atoms with Crippen LogP contribution in [-0.2, 0) is 28.1 Å². The lowest BCUT2D eigenvalue weighted by molar-refractivity contribution is -0.139. The summed E-state index contributed by atoms with van der Waals surface area (Å²) in [7, 11) is 0. The average Bonchev–Trinajstić information content (AvgIpc) is 3.07. The van der Waals surface area contributed by atoms with E-state index in [1.165, 1.54) is 0 Å². The molecule has 8 nitrogen and oxygen atoms in total. The van der Waals surface area contributed by atoms with Crippen molar-refractivity contribution in [3.05, 3.63) is 59.2 Å². The maximum absolute atomic E-state index is 13.5. The molecule has 2 aromatic carbocycles. The lowest BCUT2D eigenvalue weighted by Crippen LogP contribution is -2.47. The number of nitrogens with one attached hydrogen (secondary N) is 1. The van der Waals surface area contributed by atoms with Crippen LogP contribution in [-0.4, -0.2) is 53.9 Å². The van der Waals surface area contributed by atoms with Crippen molar-refractivity contribution in [2.75, 3.05) is 26.3 Å². The van der Waals surface area contributed by atoms with Crippen molar-refractivity contribution in [3.63, 3.8) is 0 Å². The molecule has 4 amide bonds. The van der Waals surface area contributed by atoms with E-state index in [1.54, 1.807) is 4.90 Å². The lowest BCUT2D eigenvalue weighted by Gasteiger charge is -2.33. The number of amides is 4. The largest absolute Gasteiger partial charge is 0.486 e. The molecular formula is C25H27N3O5. The number of nitrogens with zero attached hydrogens (tertiary/aromatic N) is 2. The zero-order valence-corrected chi connectivity index (χ0v) is 18.6. The van der Waals surface area contributed by atoms with E-state index in [2.05, 4.69) is 5.32 Å². The van der Waals surface area contributed by atoms with Crippen LogP contribution >= 0.6 is 0 Å². The molecular weight excluding hydrogens is 422 g/mol. The van der Waals surface area contributed by atoms with Gasteiger partial charge in [0.1, 0.15) is 25.3 Å². The molecule has 172 valence electrons. The van der Waals surface area contributed by atoms with Crippen LogP contribution in [0, 0.1) is 0 Å².